The molecule has 0 unspecified atom stereocenters. The molecule has 0 radical (unpaired) electrons. The van der Waals surface area contributed by atoms with E-state index in [1.54, 1.807) is 12.4 Å². The van der Waals surface area contributed by atoms with Crippen molar-refractivity contribution in [1.82, 2.24) is 35.5 Å². The van der Waals surface area contributed by atoms with Crippen molar-refractivity contribution in [3.63, 3.8) is 0 Å². The summed E-state index contributed by atoms with van der Waals surface area (Å²) in [6.45, 7) is 4.10. The number of rotatable bonds is 7. The van der Waals surface area contributed by atoms with Gasteiger partial charge < -0.3 is 20.3 Å². The normalized spacial score (nSPS) is 13.6. The third kappa shape index (κ3) is 4.97. The Morgan fingerprint density at radius 1 is 1.12 bits per heavy atom. The molecule has 10 nitrogen and oxygen atoms in total. The van der Waals surface area contributed by atoms with Crippen LogP contribution in [0.4, 0.5) is 10.2 Å². The molecule has 1 aliphatic heterocycles. The lowest BCUT2D eigenvalue weighted by atomic mass is 9.96. The number of hydrogen-bond acceptors (Lipinski definition) is 7. The molecule has 0 spiro atoms. The zero-order chi connectivity index (χ0) is 27.6. The predicted octanol–water partition coefficient (Wildman–Crippen LogP) is 4.74. The number of fused-ring (bicyclic) bond motifs is 1. The molecule has 0 aliphatic carbocycles. The van der Waals surface area contributed by atoms with Gasteiger partial charge in [0.15, 0.2) is 17.4 Å². The highest BCUT2D eigenvalue weighted by Crippen LogP contribution is 2.33. The van der Waals surface area contributed by atoms with Crippen LogP contribution < -0.4 is 10.2 Å². The highest BCUT2D eigenvalue weighted by Gasteiger charge is 2.17. The third-order valence-corrected chi connectivity index (χ3v) is 7.26. The summed E-state index contributed by atoms with van der Waals surface area (Å²) in [5.74, 6) is 0.0202. The van der Waals surface area contributed by atoms with Crippen LogP contribution in [0.3, 0.4) is 0 Å². The number of aromatic hydroxyl groups is 1. The number of nitrogens with one attached hydrogen (secondary N) is 3. The lowest BCUT2D eigenvalue weighted by molar-refractivity contribution is 0.0945. The van der Waals surface area contributed by atoms with Gasteiger partial charge in [-0.2, -0.15) is 5.10 Å². The number of imidazole rings is 1. The van der Waals surface area contributed by atoms with Gasteiger partial charge in [-0.15, -0.1) is 0 Å². The van der Waals surface area contributed by atoms with Crippen molar-refractivity contribution in [2.75, 3.05) is 18.0 Å². The Morgan fingerprint density at radius 2 is 1.98 bits per heavy atom. The zero-order valence-corrected chi connectivity index (χ0v) is 22.0. The number of phenols is 1. The maximum Gasteiger partial charge on any atom is 0.271 e. The number of H-pyrrole nitrogens is 2. The molecule has 1 fully saturated rings. The maximum absolute atomic E-state index is 14.1. The fraction of sp³-hybridized carbons (Fsp3) is 0.276. The number of carbonyl (C=O) groups excluding carboxylic acids is 1. The van der Waals surface area contributed by atoms with Crippen LogP contribution in [0.1, 0.15) is 47.9 Å². The number of benzene rings is 2. The molecule has 11 heteroatoms. The van der Waals surface area contributed by atoms with Gasteiger partial charge in [0.25, 0.3) is 5.91 Å². The number of aromatic nitrogens is 6. The topological polar surface area (TPSA) is 136 Å². The number of aromatic amines is 2. The summed E-state index contributed by atoms with van der Waals surface area (Å²) in [6.07, 6.45) is 9.06. The monoisotopic (exact) mass is 540 g/mol. The van der Waals surface area contributed by atoms with E-state index in [4.69, 9.17) is 0 Å². The minimum atomic E-state index is -0.658. The van der Waals surface area contributed by atoms with E-state index in [-0.39, 0.29) is 23.9 Å². The molecule has 204 valence electrons. The number of carbonyl (C=O) groups is 1. The summed E-state index contributed by atoms with van der Waals surface area (Å²) in [6, 6.07) is 8.53. The van der Waals surface area contributed by atoms with Crippen LogP contribution in [-0.4, -0.2) is 54.2 Å². The summed E-state index contributed by atoms with van der Waals surface area (Å²) < 4.78 is 14.1. The summed E-state index contributed by atoms with van der Waals surface area (Å²) in [7, 11) is 0. The average Bonchev–Trinajstić information content (AvgIpc) is 3.64. The molecular weight excluding hydrogens is 511 g/mol. The number of anilines is 1. The van der Waals surface area contributed by atoms with Crippen molar-refractivity contribution in [3.8, 4) is 28.4 Å². The number of nitrogens with zero attached hydrogens (tertiary/aromatic N) is 5. The van der Waals surface area contributed by atoms with E-state index in [1.165, 1.54) is 24.8 Å². The molecule has 40 heavy (non-hydrogen) atoms. The molecule has 6 rings (SSSR count). The van der Waals surface area contributed by atoms with Crippen molar-refractivity contribution in [2.45, 2.75) is 39.2 Å². The molecule has 1 aliphatic rings. The Bertz CT molecular complexity index is 1670. The van der Waals surface area contributed by atoms with Crippen molar-refractivity contribution >= 4 is 22.6 Å². The van der Waals surface area contributed by atoms with Crippen LogP contribution in [0.25, 0.3) is 33.5 Å². The zero-order valence-electron chi connectivity index (χ0n) is 22.0. The third-order valence-electron chi connectivity index (χ3n) is 7.26. The Balaban J connectivity index is 1.14. The molecule has 0 bridgehead atoms. The van der Waals surface area contributed by atoms with E-state index in [2.05, 4.69) is 40.3 Å². The molecule has 0 saturated carbocycles. The van der Waals surface area contributed by atoms with Crippen LogP contribution >= 0.6 is 0 Å². The molecule has 4 heterocycles. The number of piperidine rings is 1. The quantitative estimate of drug-likeness (QED) is 0.234. The number of hydrogen-bond donors (Lipinski definition) is 4. The van der Waals surface area contributed by atoms with Crippen LogP contribution in [0, 0.1) is 5.82 Å². The van der Waals surface area contributed by atoms with E-state index in [0.717, 1.165) is 59.3 Å². The van der Waals surface area contributed by atoms with Gasteiger partial charge in [-0.05, 0) is 66.6 Å². The Labute approximate surface area is 229 Å². The van der Waals surface area contributed by atoms with E-state index < -0.39 is 5.82 Å². The SMILES string of the molecule is CCc1cc(O)c(F)cc1-c1ccc2c(-c3nc(CNC(=O)c4cnc(N5CCCCC5)cn4)c[nH]3)n[nH]c2c1. The smallest absolute Gasteiger partial charge is 0.271 e. The van der Waals surface area contributed by atoms with Crippen LogP contribution in [0.5, 0.6) is 5.75 Å². The number of amides is 1. The van der Waals surface area contributed by atoms with Gasteiger partial charge in [0.2, 0.25) is 0 Å². The number of aryl methyl sites for hydroxylation is 1. The molecule has 3 aromatic heterocycles. The Morgan fingerprint density at radius 3 is 2.75 bits per heavy atom. The molecular formula is C29H29FN8O2. The summed E-state index contributed by atoms with van der Waals surface area (Å²) in [4.78, 5) is 31.3. The molecule has 0 atom stereocenters. The van der Waals surface area contributed by atoms with Gasteiger partial charge in [-0.25, -0.2) is 19.3 Å². The minimum absolute atomic E-state index is 0.212. The van der Waals surface area contributed by atoms with E-state index >= 15 is 0 Å². The van der Waals surface area contributed by atoms with Crippen molar-refractivity contribution in [3.05, 3.63) is 71.7 Å². The maximum atomic E-state index is 14.1. The highest BCUT2D eigenvalue weighted by atomic mass is 19.1. The van der Waals surface area contributed by atoms with Gasteiger partial charge in [-0.1, -0.05) is 13.0 Å². The first kappa shape index (κ1) is 25.5. The summed E-state index contributed by atoms with van der Waals surface area (Å²) >= 11 is 0. The van der Waals surface area contributed by atoms with Crippen molar-refractivity contribution in [2.24, 2.45) is 0 Å². The first-order valence-corrected chi connectivity index (χ1v) is 13.4. The van der Waals surface area contributed by atoms with E-state index in [1.807, 2.05) is 25.1 Å². The number of phenolic OH excluding ortho intramolecular Hbond substituents is 1. The lowest BCUT2D eigenvalue weighted by Gasteiger charge is -2.27. The Hall–Kier alpha value is -4.80. The van der Waals surface area contributed by atoms with Gasteiger partial charge in [-0.3, -0.25) is 9.89 Å². The van der Waals surface area contributed by atoms with E-state index in [9.17, 15) is 14.3 Å². The first-order valence-electron chi connectivity index (χ1n) is 13.4. The first-order chi connectivity index (χ1) is 19.5. The van der Waals surface area contributed by atoms with Gasteiger partial charge >= 0.3 is 0 Å². The Kier molecular flexibility index (Phi) is 6.85. The van der Waals surface area contributed by atoms with Crippen LogP contribution in [-0.2, 0) is 13.0 Å². The molecule has 2 aromatic carbocycles. The van der Waals surface area contributed by atoms with Crippen molar-refractivity contribution in [1.29, 1.82) is 0 Å². The summed E-state index contributed by atoms with van der Waals surface area (Å²) in [5.41, 5.74) is 4.67. The molecule has 4 N–H and O–H groups in total. The molecule has 1 amide bonds. The van der Waals surface area contributed by atoms with Gasteiger partial charge in [0.1, 0.15) is 17.2 Å². The number of halogens is 1. The van der Waals surface area contributed by atoms with Gasteiger partial charge in [0, 0.05) is 24.7 Å². The standard InChI is InChI=1S/C29H29FN8O2/c1-2-17-11-25(39)22(30)12-21(17)18-6-7-20-23(10-18)36-37-27(20)28-33-13-19(35-28)14-34-29(40)24-15-32-26(16-31-24)38-8-4-3-5-9-38/h6-7,10-13,15-16,39H,2-5,8-9,14H2,1H3,(H,33,35)(H,34,40)(H,36,37). The lowest BCUT2D eigenvalue weighted by Crippen LogP contribution is -2.30. The highest BCUT2D eigenvalue weighted by molar-refractivity contribution is 5.94. The van der Waals surface area contributed by atoms with Crippen LogP contribution in [0.2, 0.25) is 0 Å². The fourth-order valence-electron chi connectivity index (χ4n) is 5.09. The van der Waals surface area contributed by atoms with E-state index in [0.29, 0.717) is 23.6 Å². The minimum Gasteiger partial charge on any atom is -0.505 e. The predicted molar refractivity (Wildman–Crippen MR) is 149 cm³/mol. The molecule has 5 aromatic rings. The second kappa shape index (κ2) is 10.8. The second-order valence-corrected chi connectivity index (χ2v) is 9.88. The second-order valence-electron chi connectivity index (χ2n) is 9.88. The van der Waals surface area contributed by atoms with Crippen molar-refractivity contribution < 1.29 is 14.3 Å². The molecule has 1 saturated heterocycles. The largest absolute Gasteiger partial charge is 0.505 e. The van der Waals surface area contributed by atoms with Gasteiger partial charge in [0.05, 0.1) is 30.1 Å². The average molecular weight is 541 g/mol. The fourth-order valence-corrected chi connectivity index (χ4v) is 5.09. The summed E-state index contributed by atoms with van der Waals surface area (Å²) in [5, 5.41) is 20.9. The van der Waals surface area contributed by atoms with Crippen LogP contribution in [0.15, 0.2) is 48.9 Å².